The molecule has 1 aromatic heterocycles. The number of hydrogen-bond donors (Lipinski definition) is 0. The zero-order valence-electron chi connectivity index (χ0n) is 15.3. The molecule has 30 heavy (non-hydrogen) atoms. The SMILES string of the molecule is O=C1/C(=C/c2ccc(-c3cccc(C(F)(F)F)c3)o2)SC(=S)N1Cc1ccccc1. The van der Waals surface area contributed by atoms with Crippen LogP contribution in [0.5, 0.6) is 0 Å². The zero-order valence-corrected chi connectivity index (χ0v) is 17.0. The van der Waals surface area contributed by atoms with E-state index in [9.17, 15) is 18.0 Å². The Hall–Kier alpha value is -2.84. The number of thiocarbonyl (C=S) groups is 1. The Morgan fingerprint density at radius 3 is 2.53 bits per heavy atom. The standard InChI is InChI=1S/C22H14F3NO2S2/c23-22(24,25)16-8-4-7-15(11-16)18-10-9-17(28-18)12-19-20(27)26(21(29)30-19)13-14-5-2-1-3-6-14/h1-12H,13H2/b19-12-. The number of carbonyl (C=O) groups excluding carboxylic acids is 1. The summed E-state index contributed by atoms with van der Waals surface area (Å²) in [4.78, 5) is 14.7. The predicted molar refractivity (Wildman–Crippen MR) is 114 cm³/mol. The molecule has 0 spiro atoms. The van der Waals surface area contributed by atoms with Gasteiger partial charge in [-0.25, -0.2) is 0 Å². The third kappa shape index (κ3) is 4.34. The van der Waals surface area contributed by atoms with Crippen molar-refractivity contribution in [3.05, 3.63) is 88.5 Å². The molecule has 1 aliphatic heterocycles. The average molecular weight is 445 g/mol. The molecule has 4 rings (SSSR count). The van der Waals surface area contributed by atoms with E-state index in [1.807, 2.05) is 30.3 Å². The van der Waals surface area contributed by atoms with Crippen LogP contribution >= 0.6 is 24.0 Å². The zero-order chi connectivity index (χ0) is 21.3. The van der Waals surface area contributed by atoms with E-state index >= 15 is 0 Å². The van der Waals surface area contributed by atoms with Gasteiger partial charge in [0.2, 0.25) is 0 Å². The fourth-order valence-electron chi connectivity index (χ4n) is 2.97. The van der Waals surface area contributed by atoms with Gasteiger partial charge in [0, 0.05) is 11.6 Å². The molecular weight excluding hydrogens is 431 g/mol. The molecule has 1 amide bonds. The van der Waals surface area contributed by atoms with Crippen molar-refractivity contribution in [2.24, 2.45) is 0 Å². The van der Waals surface area contributed by atoms with Crippen LogP contribution in [0.3, 0.4) is 0 Å². The number of amides is 1. The predicted octanol–water partition coefficient (Wildman–Crippen LogP) is 6.37. The van der Waals surface area contributed by atoms with Crippen molar-refractivity contribution in [3.63, 3.8) is 0 Å². The summed E-state index contributed by atoms with van der Waals surface area (Å²) >= 11 is 6.50. The maximum absolute atomic E-state index is 12.9. The molecule has 0 radical (unpaired) electrons. The normalized spacial score (nSPS) is 16.0. The van der Waals surface area contributed by atoms with Crippen LogP contribution in [0.1, 0.15) is 16.9 Å². The smallest absolute Gasteiger partial charge is 0.416 e. The fourth-order valence-corrected chi connectivity index (χ4v) is 4.20. The summed E-state index contributed by atoms with van der Waals surface area (Å²) < 4.78 is 44.9. The van der Waals surface area contributed by atoms with Crippen molar-refractivity contribution in [3.8, 4) is 11.3 Å². The maximum atomic E-state index is 12.9. The van der Waals surface area contributed by atoms with Crippen LogP contribution in [-0.4, -0.2) is 15.1 Å². The average Bonchev–Trinajstić information content (AvgIpc) is 3.29. The molecular formula is C22H14F3NO2S2. The molecule has 0 saturated carbocycles. The summed E-state index contributed by atoms with van der Waals surface area (Å²) in [6, 6.07) is 17.6. The summed E-state index contributed by atoms with van der Waals surface area (Å²) in [5, 5.41) is 0. The Balaban J connectivity index is 1.55. The Kier molecular flexibility index (Phi) is 5.53. The first-order valence-electron chi connectivity index (χ1n) is 8.88. The fraction of sp³-hybridized carbons (Fsp3) is 0.0909. The van der Waals surface area contributed by atoms with Crippen molar-refractivity contribution >= 4 is 40.3 Å². The van der Waals surface area contributed by atoms with Gasteiger partial charge in [-0.3, -0.25) is 9.69 Å². The molecule has 152 valence electrons. The minimum absolute atomic E-state index is 0.231. The van der Waals surface area contributed by atoms with E-state index in [1.54, 1.807) is 18.2 Å². The summed E-state index contributed by atoms with van der Waals surface area (Å²) in [7, 11) is 0. The van der Waals surface area contributed by atoms with E-state index in [1.165, 1.54) is 28.8 Å². The van der Waals surface area contributed by atoms with Gasteiger partial charge in [-0.1, -0.05) is 66.4 Å². The van der Waals surface area contributed by atoms with E-state index in [4.69, 9.17) is 16.6 Å². The summed E-state index contributed by atoms with van der Waals surface area (Å²) in [6.07, 6.45) is -2.88. The Morgan fingerprint density at radius 1 is 1.03 bits per heavy atom. The maximum Gasteiger partial charge on any atom is 0.416 e. The Bertz CT molecular complexity index is 1140. The van der Waals surface area contributed by atoms with E-state index in [0.717, 1.165) is 17.7 Å². The molecule has 1 saturated heterocycles. The first kappa shape index (κ1) is 20.4. The highest BCUT2D eigenvalue weighted by Crippen LogP contribution is 2.35. The quantitative estimate of drug-likeness (QED) is 0.345. The second-order valence-corrected chi connectivity index (χ2v) is 8.21. The van der Waals surface area contributed by atoms with Crippen LogP contribution in [0.4, 0.5) is 13.2 Å². The first-order chi connectivity index (χ1) is 14.3. The van der Waals surface area contributed by atoms with Gasteiger partial charge in [0.15, 0.2) is 0 Å². The molecule has 1 fully saturated rings. The lowest BCUT2D eigenvalue weighted by atomic mass is 10.1. The van der Waals surface area contributed by atoms with Crippen molar-refractivity contribution in [1.82, 2.24) is 4.90 Å². The molecule has 2 aromatic carbocycles. The third-order valence-electron chi connectivity index (χ3n) is 4.43. The van der Waals surface area contributed by atoms with Gasteiger partial charge in [-0.05, 0) is 29.8 Å². The number of benzene rings is 2. The van der Waals surface area contributed by atoms with Crippen LogP contribution < -0.4 is 0 Å². The minimum atomic E-state index is -4.43. The van der Waals surface area contributed by atoms with Crippen molar-refractivity contribution < 1.29 is 22.4 Å². The van der Waals surface area contributed by atoms with Crippen molar-refractivity contribution in [1.29, 1.82) is 0 Å². The van der Waals surface area contributed by atoms with Crippen LogP contribution in [0.15, 0.2) is 76.1 Å². The largest absolute Gasteiger partial charge is 0.457 e. The Morgan fingerprint density at radius 2 is 1.80 bits per heavy atom. The number of nitrogens with zero attached hydrogens (tertiary/aromatic N) is 1. The molecule has 3 aromatic rings. The first-order valence-corrected chi connectivity index (χ1v) is 10.1. The van der Waals surface area contributed by atoms with E-state index in [0.29, 0.717) is 27.1 Å². The number of alkyl halides is 3. The number of furan rings is 1. The van der Waals surface area contributed by atoms with Crippen LogP contribution in [0.2, 0.25) is 0 Å². The van der Waals surface area contributed by atoms with Gasteiger partial charge in [0.05, 0.1) is 17.0 Å². The van der Waals surface area contributed by atoms with Crippen LogP contribution in [0, 0.1) is 0 Å². The third-order valence-corrected chi connectivity index (χ3v) is 5.81. The van der Waals surface area contributed by atoms with Gasteiger partial charge in [0.25, 0.3) is 5.91 Å². The minimum Gasteiger partial charge on any atom is -0.457 e. The molecule has 8 heteroatoms. The van der Waals surface area contributed by atoms with Crippen molar-refractivity contribution in [2.75, 3.05) is 0 Å². The lowest BCUT2D eigenvalue weighted by Crippen LogP contribution is -2.27. The van der Waals surface area contributed by atoms with E-state index in [-0.39, 0.29) is 11.7 Å². The molecule has 0 aliphatic carbocycles. The topological polar surface area (TPSA) is 33.5 Å². The Labute approximate surface area is 180 Å². The van der Waals surface area contributed by atoms with Crippen molar-refractivity contribution in [2.45, 2.75) is 12.7 Å². The molecule has 0 unspecified atom stereocenters. The molecule has 3 nitrogen and oxygen atoms in total. The van der Waals surface area contributed by atoms with Gasteiger partial charge < -0.3 is 4.42 Å². The second-order valence-electron chi connectivity index (χ2n) is 6.53. The van der Waals surface area contributed by atoms with Gasteiger partial charge in [-0.15, -0.1) is 0 Å². The lowest BCUT2D eigenvalue weighted by Gasteiger charge is -2.14. The molecule has 0 N–H and O–H groups in total. The number of thioether (sulfide) groups is 1. The number of rotatable bonds is 4. The summed E-state index contributed by atoms with van der Waals surface area (Å²) in [6.45, 7) is 0.372. The number of halogens is 3. The highest BCUT2D eigenvalue weighted by molar-refractivity contribution is 8.26. The van der Waals surface area contributed by atoms with Crippen LogP contribution in [0.25, 0.3) is 17.4 Å². The van der Waals surface area contributed by atoms with E-state index < -0.39 is 11.7 Å². The monoisotopic (exact) mass is 445 g/mol. The molecule has 2 heterocycles. The summed E-state index contributed by atoms with van der Waals surface area (Å²) in [5.41, 5.74) is 0.515. The summed E-state index contributed by atoms with van der Waals surface area (Å²) in [5.74, 6) is 0.417. The van der Waals surface area contributed by atoms with Gasteiger partial charge in [0.1, 0.15) is 15.8 Å². The molecule has 1 aliphatic rings. The van der Waals surface area contributed by atoms with Gasteiger partial charge in [-0.2, -0.15) is 13.2 Å². The van der Waals surface area contributed by atoms with E-state index in [2.05, 4.69) is 0 Å². The number of carbonyl (C=O) groups is 1. The highest BCUT2D eigenvalue weighted by atomic mass is 32.2. The molecule has 0 bridgehead atoms. The highest BCUT2D eigenvalue weighted by Gasteiger charge is 2.32. The molecule has 0 atom stereocenters. The number of hydrogen-bond acceptors (Lipinski definition) is 4. The lowest BCUT2D eigenvalue weighted by molar-refractivity contribution is -0.137. The van der Waals surface area contributed by atoms with Crippen LogP contribution in [-0.2, 0) is 17.5 Å². The second kappa shape index (κ2) is 8.12. The van der Waals surface area contributed by atoms with Gasteiger partial charge >= 0.3 is 6.18 Å².